The molecule has 184 valence electrons. The van der Waals surface area contributed by atoms with E-state index in [9.17, 15) is 14.4 Å². The van der Waals surface area contributed by atoms with Crippen LogP contribution in [0.3, 0.4) is 0 Å². The lowest BCUT2D eigenvalue weighted by Crippen LogP contribution is -2.39. The molecule has 0 unspecified atom stereocenters. The zero-order valence-electron chi connectivity index (χ0n) is 19.9. The lowest BCUT2D eigenvalue weighted by atomic mass is 10.0. The van der Waals surface area contributed by atoms with Gasteiger partial charge in [-0.3, -0.25) is 9.59 Å². The van der Waals surface area contributed by atoms with Crippen LogP contribution in [0.5, 0.6) is 0 Å². The predicted molar refractivity (Wildman–Crippen MR) is 137 cm³/mol. The second-order valence-corrected chi connectivity index (χ2v) is 8.27. The molecule has 0 fully saturated rings. The molecule has 0 aliphatic carbocycles. The Morgan fingerprint density at radius 1 is 0.892 bits per heavy atom. The van der Waals surface area contributed by atoms with Gasteiger partial charge in [0.2, 0.25) is 5.91 Å². The van der Waals surface area contributed by atoms with Crippen LogP contribution in [0.4, 0.5) is 0 Å². The lowest BCUT2D eigenvalue weighted by Gasteiger charge is -2.17. The van der Waals surface area contributed by atoms with Crippen molar-refractivity contribution in [2.24, 2.45) is 0 Å². The molecule has 0 saturated carbocycles. The van der Waals surface area contributed by atoms with E-state index in [0.717, 1.165) is 21.3 Å². The van der Waals surface area contributed by atoms with Crippen LogP contribution in [-0.4, -0.2) is 38.4 Å². The lowest BCUT2D eigenvalue weighted by molar-refractivity contribution is -0.145. The Labute approximate surface area is 211 Å². The van der Waals surface area contributed by atoms with Gasteiger partial charge in [-0.25, -0.2) is 14.0 Å². The first-order chi connectivity index (χ1) is 18.0. The van der Waals surface area contributed by atoms with Gasteiger partial charge in [-0.15, -0.1) is 0 Å². The molecular formula is C28H23N5O4. The Balaban J connectivity index is 1.50. The molecule has 0 aliphatic rings. The quantitative estimate of drug-likeness (QED) is 0.349. The molecular weight excluding hydrogens is 470 g/mol. The van der Waals surface area contributed by atoms with Crippen LogP contribution in [0, 0.1) is 0 Å². The minimum absolute atomic E-state index is 0.382. The minimum Gasteiger partial charge on any atom is -0.467 e. The van der Waals surface area contributed by atoms with Crippen molar-refractivity contribution >= 4 is 17.4 Å². The number of amides is 1. The van der Waals surface area contributed by atoms with E-state index in [2.05, 4.69) is 10.4 Å². The Hall–Kier alpha value is -5.05. The van der Waals surface area contributed by atoms with E-state index in [-0.39, 0.29) is 6.54 Å². The van der Waals surface area contributed by atoms with Crippen molar-refractivity contribution < 1.29 is 14.3 Å². The molecule has 0 bridgehead atoms. The summed E-state index contributed by atoms with van der Waals surface area (Å²) in [5, 5.41) is 11.9. The molecule has 1 N–H and O–H groups in total. The van der Waals surface area contributed by atoms with E-state index in [1.165, 1.54) is 13.2 Å². The number of ether oxygens (including phenoxy) is 1. The molecule has 3 aromatic heterocycles. The first kappa shape index (κ1) is 23.7. The van der Waals surface area contributed by atoms with Crippen LogP contribution < -0.4 is 10.9 Å². The average molecular weight is 494 g/mol. The van der Waals surface area contributed by atoms with E-state index in [1.54, 1.807) is 40.9 Å². The second kappa shape index (κ2) is 10.3. The zero-order chi connectivity index (χ0) is 25.8. The highest BCUT2D eigenvalue weighted by atomic mass is 16.5. The predicted octanol–water partition coefficient (Wildman–Crippen LogP) is 3.26. The third kappa shape index (κ3) is 4.87. The summed E-state index contributed by atoms with van der Waals surface area (Å²) < 4.78 is 7.69. The van der Waals surface area contributed by atoms with E-state index < -0.39 is 23.5 Å². The number of nitrogens with one attached hydrogen (secondary N) is 1. The fraction of sp³-hybridized carbons (Fsp3) is 0.107. The molecule has 2 aromatic carbocycles. The number of carbonyl (C=O) groups excluding carboxylic acids is 2. The van der Waals surface area contributed by atoms with Crippen LogP contribution in [-0.2, 0) is 20.9 Å². The molecule has 9 nitrogen and oxygen atoms in total. The van der Waals surface area contributed by atoms with Gasteiger partial charge in [0.15, 0.2) is 6.04 Å². The Morgan fingerprint density at radius 2 is 1.59 bits per heavy atom. The van der Waals surface area contributed by atoms with Crippen molar-refractivity contribution in [3.8, 4) is 22.5 Å². The fourth-order valence-electron chi connectivity index (χ4n) is 4.13. The number of benzene rings is 2. The van der Waals surface area contributed by atoms with Crippen molar-refractivity contribution in [3.63, 3.8) is 0 Å². The van der Waals surface area contributed by atoms with Gasteiger partial charge in [-0.2, -0.15) is 10.2 Å². The van der Waals surface area contributed by atoms with Gasteiger partial charge in [0.1, 0.15) is 12.2 Å². The molecule has 0 radical (unpaired) electrons. The molecule has 1 atom stereocenters. The second-order valence-electron chi connectivity index (χ2n) is 8.27. The Bertz CT molecular complexity index is 1630. The highest BCUT2D eigenvalue weighted by molar-refractivity contribution is 5.90. The summed E-state index contributed by atoms with van der Waals surface area (Å²) in [5.41, 5.74) is 3.73. The summed E-state index contributed by atoms with van der Waals surface area (Å²) in [6.45, 7) is -0.382. The Morgan fingerprint density at radius 3 is 2.32 bits per heavy atom. The van der Waals surface area contributed by atoms with E-state index >= 15 is 0 Å². The maximum Gasteiger partial charge on any atom is 0.333 e. The third-order valence-electron chi connectivity index (χ3n) is 5.88. The first-order valence-electron chi connectivity index (χ1n) is 11.6. The summed E-state index contributed by atoms with van der Waals surface area (Å²) in [4.78, 5) is 37.9. The number of esters is 1. The van der Waals surface area contributed by atoms with Crippen LogP contribution in [0.1, 0.15) is 11.6 Å². The van der Waals surface area contributed by atoms with Crippen molar-refractivity contribution in [1.29, 1.82) is 0 Å². The van der Waals surface area contributed by atoms with E-state index in [1.807, 2.05) is 54.7 Å². The standard InChI is InChI=1S/C28H23N5O4/c1-37-28(36)27(20-12-6-3-7-13-20)29-23(34)18-33-24(35)16-15-21(30-33)25-22-14-8-9-17-32(22)31-26(25)19-10-4-2-5-11-19/h2-17,27H,18H2,1H3,(H,29,34)/t27-/m1/s1. The summed E-state index contributed by atoms with van der Waals surface area (Å²) in [6, 6.07) is 26.1. The molecule has 0 spiro atoms. The molecule has 5 rings (SSSR count). The number of pyridine rings is 1. The van der Waals surface area contributed by atoms with Gasteiger partial charge in [-0.05, 0) is 23.8 Å². The number of methoxy groups -OCH3 is 1. The van der Waals surface area contributed by atoms with Crippen molar-refractivity contribution in [1.82, 2.24) is 24.7 Å². The van der Waals surface area contributed by atoms with Gasteiger partial charge >= 0.3 is 5.97 Å². The van der Waals surface area contributed by atoms with Crippen LogP contribution in [0.25, 0.3) is 28.0 Å². The van der Waals surface area contributed by atoms with Gasteiger partial charge in [-0.1, -0.05) is 66.7 Å². The maximum atomic E-state index is 12.9. The van der Waals surface area contributed by atoms with Crippen molar-refractivity contribution in [2.75, 3.05) is 7.11 Å². The molecule has 37 heavy (non-hydrogen) atoms. The highest BCUT2D eigenvalue weighted by Crippen LogP contribution is 2.33. The van der Waals surface area contributed by atoms with Crippen molar-refractivity contribution in [2.45, 2.75) is 12.6 Å². The number of carbonyl (C=O) groups is 2. The normalized spacial score (nSPS) is 11.7. The number of hydrogen-bond acceptors (Lipinski definition) is 6. The number of hydrogen-bond donors (Lipinski definition) is 1. The minimum atomic E-state index is -1.01. The molecule has 5 aromatic rings. The van der Waals surface area contributed by atoms with Gasteiger partial charge < -0.3 is 10.1 Å². The number of nitrogens with zero attached hydrogens (tertiary/aromatic N) is 4. The fourth-order valence-corrected chi connectivity index (χ4v) is 4.13. The molecule has 9 heteroatoms. The maximum absolute atomic E-state index is 12.9. The van der Waals surface area contributed by atoms with Crippen LogP contribution >= 0.6 is 0 Å². The van der Waals surface area contributed by atoms with Gasteiger partial charge in [0, 0.05) is 17.8 Å². The number of fused-ring (bicyclic) bond motifs is 1. The molecule has 1 amide bonds. The van der Waals surface area contributed by atoms with Crippen molar-refractivity contribution in [3.05, 3.63) is 113 Å². The highest BCUT2D eigenvalue weighted by Gasteiger charge is 2.24. The van der Waals surface area contributed by atoms with Crippen LogP contribution in [0.15, 0.2) is 102 Å². The average Bonchev–Trinajstić information content (AvgIpc) is 3.33. The molecule has 0 aliphatic heterocycles. The monoisotopic (exact) mass is 493 g/mol. The summed E-state index contributed by atoms with van der Waals surface area (Å²) in [7, 11) is 1.25. The topological polar surface area (TPSA) is 108 Å². The number of aromatic nitrogens is 4. The first-order valence-corrected chi connectivity index (χ1v) is 11.6. The summed E-state index contributed by atoms with van der Waals surface area (Å²) in [5.74, 6) is -1.18. The SMILES string of the molecule is COC(=O)[C@H](NC(=O)Cn1nc(-c2c(-c3ccccc3)nn3ccccc23)ccc1=O)c1ccccc1. The molecule has 3 heterocycles. The van der Waals surface area contributed by atoms with Gasteiger partial charge in [0.05, 0.1) is 23.9 Å². The summed E-state index contributed by atoms with van der Waals surface area (Å²) in [6.07, 6.45) is 1.84. The third-order valence-corrected chi connectivity index (χ3v) is 5.88. The zero-order valence-corrected chi connectivity index (χ0v) is 19.9. The van der Waals surface area contributed by atoms with Gasteiger partial charge in [0.25, 0.3) is 5.56 Å². The van der Waals surface area contributed by atoms with E-state index in [4.69, 9.17) is 9.84 Å². The largest absolute Gasteiger partial charge is 0.467 e. The smallest absolute Gasteiger partial charge is 0.333 e. The Kier molecular flexibility index (Phi) is 6.58. The number of rotatable bonds is 7. The van der Waals surface area contributed by atoms with E-state index in [0.29, 0.717) is 17.0 Å². The summed E-state index contributed by atoms with van der Waals surface area (Å²) >= 11 is 0. The molecule has 0 saturated heterocycles. The van der Waals surface area contributed by atoms with Crippen LogP contribution in [0.2, 0.25) is 0 Å².